The number of amides is 1. The van der Waals surface area contributed by atoms with E-state index in [0.29, 0.717) is 0 Å². The lowest BCUT2D eigenvalue weighted by atomic mass is 10.2. The number of carbonyl (C=O) groups is 2. The third-order valence-electron chi connectivity index (χ3n) is 3.09. The largest absolute Gasteiger partial charge is 0.480 e. The van der Waals surface area contributed by atoms with E-state index in [1.807, 2.05) is 0 Å². The van der Waals surface area contributed by atoms with E-state index < -0.39 is 27.9 Å². The SMILES string of the molecule is C=CCNS(=O)(=O)c1ccc(C(=O)N(C)C(C)C(=O)O)cc1. The second kappa shape index (κ2) is 7.19. The minimum atomic E-state index is -3.66. The third kappa shape index (κ3) is 4.15. The zero-order valence-electron chi connectivity index (χ0n) is 12.3. The molecule has 0 heterocycles. The van der Waals surface area contributed by atoms with E-state index in [4.69, 9.17) is 5.11 Å². The van der Waals surface area contributed by atoms with Crippen molar-refractivity contribution in [1.82, 2.24) is 9.62 Å². The molecule has 0 aliphatic carbocycles. The highest BCUT2D eigenvalue weighted by molar-refractivity contribution is 7.89. The fourth-order valence-corrected chi connectivity index (χ4v) is 2.57. The number of hydrogen-bond acceptors (Lipinski definition) is 4. The number of rotatable bonds is 7. The average Bonchev–Trinajstić information content (AvgIpc) is 2.50. The van der Waals surface area contributed by atoms with Crippen LogP contribution in [-0.4, -0.2) is 49.9 Å². The van der Waals surface area contributed by atoms with Gasteiger partial charge in [-0.05, 0) is 31.2 Å². The normalized spacial score (nSPS) is 12.5. The molecule has 1 atom stereocenters. The lowest BCUT2D eigenvalue weighted by Gasteiger charge is -2.21. The van der Waals surface area contributed by atoms with Crippen molar-refractivity contribution >= 4 is 21.9 Å². The first kappa shape index (κ1) is 17.9. The number of sulfonamides is 1. The summed E-state index contributed by atoms with van der Waals surface area (Å²) in [6.07, 6.45) is 1.41. The molecule has 0 radical (unpaired) electrons. The van der Waals surface area contributed by atoms with Crippen LogP contribution in [0.3, 0.4) is 0 Å². The van der Waals surface area contributed by atoms with Crippen LogP contribution in [0.5, 0.6) is 0 Å². The molecule has 7 nitrogen and oxygen atoms in total. The Morgan fingerprint density at radius 2 is 1.91 bits per heavy atom. The monoisotopic (exact) mass is 326 g/mol. The number of aliphatic carboxylic acids is 1. The first-order valence-electron chi connectivity index (χ1n) is 6.41. The van der Waals surface area contributed by atoms with Crippen molar-refractivity contribution in [3.05, 3.63) is 42.5 Å². The van der Waals surface area contributed by atoms with Gasteiger partial charge in [-0.15, -0.1) is 6.58 Å². The molecular formula is C14H18N2O5S. The Balaban J connectivity index is 2.95. The van der Waals surface area contributed by atoms with Gasteiger partial charge in [0.05, 0.1) is 4.90 Å². The highest BCUT2D eigenvalue weighted by atomic mass is 32.2. The quantitative estimate of drug-likeness (QED) is 0.718. The summed E-state index contributed by atoms with van der Waals surface area (Å²) in [5, 5.41) is 8.89. The highest BCUT2D eigenvalue weighted by Gasteiger charge is 2.23. The van der Waals surface area contributed by atoms with Crippen molar-refractivity contribution in [3.63, 3.8) is 0 Å². The van der Waals surface area contributed by atoms with Crippen molar-refractivity contribution in [2.45, 2.75) is 17.9 Å². The molecule has 8 heteroatoms. The van der Waals surface area contributed by atoms with Crippen molar-refractivity contribution in [2.75, 3.05) is 13.6 Å². The second-order valence-electron chi connectivity index (χ2n) is 4.60. The summed E-state index contributed by atoms with van der Waals surface area (Å²) in [6, 6.07) is 4.28. The Labute approximate surface area is 129 Å². The molecule has 120 valence electrons. The molecule has 1 aromatic carbocycles. The molecule has 1 rings (SSSR count). The maximum Gasteiger partial charge on any atom is 0.326 e. The van der Waals surface area contributed by atoms with Crippen LogP contribution in [0.15, 0.2) is 41.8 Å². The smallest absolute Gasteiger partial charge is 0.326 e. The van der Waals surface area contributed by atoms with Gasteiger partial charge in [0, 0.05) is 19.2 Å². The van der Waals surface area contributed by atoms with Crippen LogP contribution in [0, 0.1) is 0 Å². The Morgan fingerprint density at radius 1 is 1.36 bits per heavy atom. The predicted molar refractivity (Wildman–Crippen MR) is 81.0 cm³/mol. The van der Waals surface area contributed by atoms with E-state index in [9.17, 15) is 18.0 Å². The van der Waals surface area contributed by atoms with Crippen LogP contribution < -0.4 is 4.72 Å². The Kier molecular flexibility index (Phi) is 5.84. The minimum absolute atomic E-state index is 0.0137. The van der Waals surface area contributed by atoms with E-state index in [-0.39, 0.29) is 17.0 Å². The summed E-state index contributed by atoms with van der Waals surface area (Å²) in [5.74, 6) is -1.62. The summed E-state index contributed by atoms with van der Waals surface area (Å²) in [5.41, 5.74) is 0.207. The van der Waals surface area contributed by atoms with Crippen LogP contribution in [0.4, 0.5) is 0 Å². The zero-order chi connectivity index (χ0) is 16.9. The summed E-state index contributed by atoms with van der Waals surface area (Å²) >= 11 is 0. The summed E-state index contributed by atoms with van der Waals surface area (Å²) in [4.78, 5) is 24.1. The summed E-state index contributed by atoms with van der Waals surface area (Å²) in [6.45, 7) is 4.91. The number of nitrogens with zero attached hydrogens (tertiary/aromatic N) is 1. The average molecular weight is 326 g/mol. The standard InChI is InChI=1S/C14H18N2O5S/c1-4-9-15-22(20,21)12-7-5-11(6-8-12)13(17)16(3)10(2)14(18)19/h4-8,10,15H,1,9H2,2-3H3,(H,18,19). The van der Waals surface area contributed by atoms with E-state index in [1.54, 1.807) is 0 Å². The molecule has 1 aromatic rings. The molecule has 0 aliphatic rings. The predicted octanol–water partition coefficient (Wildman–Crippen LogP) is 0.696. The van der Waals surface area contributed by atoms with Gasteiger partial charge in [0.2, 0.25) is 10.0 Å². The Bertz CT molecular complexity index is 667. The second-order valence-corrected chi connectivity index (χ2v) is 6.36. The first-order valence-corrected chi connectivity index (χ1v) is 7.89. The van der Waals surface area contributed by atoms with Gasteiger partial charge in [-0.2, -0.15) is 0 Å². The van der Waals surface area contributed by atoms with E-state index in [2.05, 4.69) is 11.3 Å². The van der Waals surface area contributed by atoms with Crippen LogP contribution in [0.2, 0.25) is 0 Å². The molecule has 0 saturated carbocycles. The Morgan fingerprint density at radius 3 is 2.36 bits per heavy atom. The van der Waals surface area contributed by atoms with E-state index in [1.165, 1.54) is 44.3 Å². The summed E-state index contributed by atoms with van der Waals surface area (Å²) in [7, 11) is -2.28. The molecule has 22 heavy (non-hydrogen) atoms. The zero-order valence-corrected chi connectivity index (χ0v) is 13.1. The van der Waals surface area contributed by atoms with Gasteiger partial charge in [0.25, 0.3) is 5.91 Å². The van der Waals surface area contributed by atoms with Gasteiger partial charge in [0.1, 0.15) is 6.04 Å². The van der Waals surface area contributed by atoms with Crippen molar-refractivity contribution in [3.8, 4) is 0 Å². The third-order valence-corrected chi connectivity index (χ3v) is 4.53. The molecule has 0 spiro atoms. The van der Waals surface area contributed by atoms with Gasteiger partial charge in [-0.3, -0.25) is 4.79 Å². The molecule has 2 N–H and O–H groups in total. The molecule has 0 fully saturated rings. The maximum absolute atomic E-state index is 12.1. The van der Waals surface area contributed by atoms with Crippen LogP contribution in [0.1, 0.15) is 17.3 Å². The van der Waals surface area contributed by atoms with E-state index >= 15 is 0 Å². The number of carboxylic acid groups (broad SMARTS) is 1. The minimum Gasteiger partial charge on any atom is -0.480 e. The molecule has 1 unspecified atom stereocenters. The van der Waals surface area contributed by atoms with Crippen molar-refractivity contribution in [1.29, 1.82) is 0 Å². The van der Waals surface area contributed by atoms with Crippen LogP contribution in [-0.2, 0) is 14.8 Å². The van der Waals surface area contributed by atoms with Gasteiger partial charge < -0.3 is 10.0 Å². The molecule has 1 amide bonds. The van der Waals surface area contributed by atoms with Gasteiger partial charge in [-0.25, -0.2) is 17.9 Å². The molecule has 0 bridgehead atoms. The molecule has 0 saturated heterocycles. The number of nitrogens with one attached hydrogen (secondary N) is 1. The van der Waals surface area contributed by atoms with Gasteiger partial charge >= 0.3 is 5.97 Å². The highest BCUT2D eigenvalue weighted by Crippen LogP contribution is 2.13. The number of carbonyl (C=O) groups excluding carboxylic acids is 1. The fourth-order valence-electron chi connectivity index (χ4n) is 1.57. The van der Waals surface area contributed by atoms with Crippen molar-refractivity contribution < 1.29 is 23.1 Å². The van der Waals surface area contributed by atoms with Gasteiger partial charge in [-0.1, -0.05) is 6.08 Å². The lowest BCUT2D eigenvalue weighted by molar-refractivity contribution is -0.141. The van der Waals surface area contributed by atoms with Crippen molar-refractivity contribution in [2.24, 2.45) is 0 Å². The molecule has 0 aromatic heterocycles. The topological polar surface area (TPSA) is 104 Å². The molecule has 0 aliphatic heterocycles. The Hall–Kier alpha value is -2.19. The van der Waals surface area contributed by atoms with Crippen LogP contribution in [0.25, 0.3) is 0 Å². The summed E-state index contributed by atoms with van der Waals surface area (Å²) < 4.78 is 26.1. The number of hydrogen-bond donors (Lipinski definition) is 2. The fraction of sp³-hybridized carbons (Fsp3) is 0.286. The lowest BCUT2D eigenvalue weighted by Crippen LogP contribution is -2.40. The van der Waals surface area contributed by atoms with Gasteiger partial charge in [0.15, 0.2) is 0 Å². The number of benzene rings is 1. The maximum atomic E-state index is 12.1. The van der Waals surface area contributed by atoms with Crippen LogP contribution >= 0.6 is 0 Å². The van der Waals surface area contributed by atoms with E-state index in [0.717, 1.165) is 4.90 Å². The molecular weight excluding hydrogens is 308 g/mol. The first-order chi connectivity index (χ1) is 10.2. The number of likely N-dealkylation sites (N-methyl/N-ethyl adjacent to an activating group) is 1. The number of carboxylic acids is 1.